The normalized spacial score (nSPS) is 13.1. The Labute approximate surface area is 131 Å². The summed E-state index contributed by atoms with van der Waals surface area (Å²) in [6.07, 6.45) is 1.67. The topological polar surface area (TPSA) is 69.3 Å². The number of carbonyl (C=O) groups excluding carboxylic acids is 1. The number of hydrogen-bond donors (Lipinski definition) is 2. The molecule has 3 N–H and O–H groups in total. The van der Waals surface area contributed by atoms with Crippen molar-refractivity contribution in [2.75, 3.05) is 13.1 Å². The summed E-state index contributed by atoms with van der Waals surface area (Å²) in [5, 5.41) is 3.98. The van der Waals surface area contributed by atoms with Gasteiger partial charge in [-0.1, -0.05) is 18.2 Å². The smallest absolute Gasteiger partial charge is 0.407 e. The lowest BCUT2D eigenvalue weighted by atomic mass is 9.98. The van der Waals surface area contributed by atoms with E-state index in [0.717, 1.165) is 11.1 Å². The molecule has 2 aromatic rings. The van der Waals surface area contributed by atoms with Crippen LogP contribution < -0.4 is 11.1 Å². The van der Waals surface area contributed by atoms with Crippen molar-refractivity contribution in [3.8, 4) is 0 Å². The Balaban J connectivity index is 2.13. The quantitative estimate of drug-likeness (QED) is 0.912. The van der Waals surface area contributed by atoms with Crippen LogP contribution in [0.15, 0.2) is 30.5 Å². The van der Waals surface area contributed by atoms with Crippen LogP contribution in [0.25, 0.3) is 10.9 Å². The average molecular weight is 303 g/mol. The zero-order valence-corrected chi connectivity index (χ0v) is 13.7. The molecule has 0 aliphatic carbocycles. The van der Waals surface area contributed by atoms with Crippen LogP contribution >= 0.6 is 0 Å². The van der Waals surface area contributed by atoms with E-state index in [-0.39, 0.29) is 5.92 Å². The van der Waals surface area contributed by atoms with Gasteiger partial charge in [0.1, 0.15) is 5.60 Å². The summed E-state index contributed by atoms with van der Waals surface area (Å²) in [6.45, 7) is 6.45. The first-order valence-corrected chi connectivity index (χ1v) is 7.52. The first-order chi connectivity index (χ1) is 10.3. The van der Waals surface area contributed by atoms with Crippen molar-refractivity contribution in [1.82, 2.24) is 9.88 Å². The van der Waals surface area contributed by atoms with E-state index in [1.165, 1.54) is 5.39 Å². The molecule has 0 saturated carbocycles. The first-order valence-electron chi connectivity index (χ1n) is 7.52. The van der Waals surface area contributed by atoms with Gasteiger partial charge in [-0.05, 0) is 32.4 Å². The lowest BCUT2D eigenvalue weighted by molar-refractivity contribution is 0.0525. The van der Waals surface area contributed by atoms with E-state index in [4.69, 9.17) is 10.5 Å². The maximum absolute atomic E-state index is 11.8. The minimum atomic E-state index is -0.498. The second kappa shape index (κ2) is 6.40. The van der Waals surface area contributed by atoms with Crippen molar-refractivity contribution in [3.63, 3.8) is 0 Å². The number of para-hydroxylation sites is 1. The maximum atomic E-state index is 11.8. The summed E-state index contributed by atoms with van der Waals surface area (Å²) >= 11 is 0. The molecule has 1 unspecified atom stereocenters. The van der Waals surface area contributed by atoms with E-state index in [0.29, 0.717) is 13.1 Å². The molecule has 1 heterocycles. The standard InChI is InChI=1S/C17H25N3O2/c1-17(2,3)22-16(21)19-10-12(9-18)14-11-20(4)15-8-6-5-7-13(14)15/h5-8,11-12H,9-10,18H2,1-4H3,(H,19,21). The van der Waals surface area contributed by atoms with Crippen molar-refractivity contribution in [1.29, 1.82) is 0 Å². The molecule has 0 radical (unpaired) electrons. The number of aromatic nitrogens is 1. The average Bonchev–Trinajstić information content (AvgIpc) is 2.76. The van der Waals surface area contributed by atoms with E-state index in [1.807, 2.05) is 40.0 Å². The monoisotopic (exact) mass is 303 g/mol. The molecule has 0 fully saturated rings. The number of benzene rings is 1. The number of rotatable bonds is 4. The highest BCUT2D eigenvalue weighted by molar-refractivity contribution is 5.84. The fourth-order valence-corrected chi connectivity index (χ4v) is 2.54. The van der Waals surface area contributed by atoms with Crippen LogP contribution in [-0.4, -0.2) is 29.4 Å². The van der Waals surface area contributed by atoms with Crippen molar-refractivity contribution < 1.29 is 9.53 Å². The molecule has 120 valence electrons. The summed E-state index contributed by atoms with van der Waals surface area (Å²) in [7, 11) is 2.01. The Morgan fingerprint density at radius 3 is 2.68 bits per heavy atom. The number of nitrogens with zero attached hydrogens (tertiary/aromatic N) is 1. The third kappa shape index (κ3) is 3.80. The number of carbonyl (C=O) groups is 1. The third-order valence-electron chi connectivity index (χ3n) is 3.54. The van der Waals surface area contributed by atoms with E-state index in [9.17, 15) is 4.79 Å². The van der Waals surface area contributed by atoms with Gasteiger partial charge in [-0.15, -0.1) is 0 Å². The van der Waals surface area contributed by atoms with E-state index < -0.39 is 11.7 Å². The van der Waals surface area contributed by atoms with Gasteiger partial charge in [0.15, 0.2) is 0 Å². The summed E-state index contributed by atoms with van der Waals surface area (Å²) in [5.74, 6) is 0.0543. The van der Waals surface area contributed by atoms with Gasteiger partial charge in [-0.3, -0.25) is 0 Å². The Bertz CT molecular complexity index is 655. The summed E-state index contributed by atoms with van der Waals surface area (Å²) in [6, 6.07) is 8.19. The summed E-state index contributed by atoms with van der Waals surface area (Å²) in [4.78, 5) is 11.8. The first kappa shape index (κ1) is 16.4. The van der Waals surface area contributed by atoms with Crippen LogP contribution in [-0.2, 0) is 11.8 Å². The number of nitrogens with one attached hydrogen (secondary N) is 1. The Hall–Kier alpha value is -2.01. The van der Waals surface area contributed by atoms with E-state index in [1.54, 1.807) is 0 Å². The SMILES string of the molecule is Cn1cc(C(CN)CNC(=O)OC(C)(C)C)c2ccccc21. The number of hydrogen-bond acceptors (Lipinski definition) is 3. The number of nitrogens with two attached hydrogens (primary N) is 1. The number of aryl methyl sites for hydroxylation is 1. The Morgan fingerprint density at radius 2 is 2.05 bits per heavy atom. The summed E-state index contributed by atoms with van der Waals surface area (Å²) < 4.78 is 7.35. The molecule has 1 aromatic heterocycles. The molecule has 0 saturated heterocycles. The molecular weight excluding hydrogens is 278 g/mol. The molecule has 0 spiro atoms. The number of amides is 1. The molecule has 22 heavy (non-hydrogen) atoms. The van der Waals surface area contributed by atoms with Crippen molar-refractivity contribution in [2.45, 2.75) is 32.3 Å². The predicted molar refractivity (Wildman–Crippen MR) is 89.0 cm³/mol. The highest BCUT2D eigenvalue weighted by Crippen LogP contribution is 2.26. The van der Waals surface area contributed by atoms with Gasteiger partial charge >= 0.3 is 6.09 Å². The largest absolute Gasteiger partial charge is 0.444 e. The number of fused-ring (bicyclic) bond motifs is 1. The second-order valence-corrected chi connectivity index (χ2v) is 6.53. The molecule has 0 bridgehead atoms. The van der Waals surface area contributed by atoms with Gasteiger partial charge in [-0.25, -0.2) is 4.79 Å². The highest BCUT2D eigenvalue weighted by atomic mass is 16.6. The molecule has 2 rings (SSSR count). The second-order valence-electron chi connectivity index (χ2n) is 6.53. The van der Waals surface area contributed by atoms with Crippen LogP contribution in [0.3, 0.4) is 0 Å². The third-order valence-corrected chi connectivity index (χ3v) is 3.54. The molecule has 1 aromatic carbocycles. The van der Waals surface area contributed by atoms with Gasteiger partial charge in [0.25, 0.3) is 0 Å². The van der Waals surface area contributed by atoms with Crippen molar-refractivity contribution >= 4 is 17.0 Å². The van der Waals surface area contributed by atoms with Crippen molar-refractivity contribution in [2.24, 2.45) is 12.8 Å². The van der Waals surface area contributed by atoms with Crippen LogP contribution in [0.5, 0.6) is 0 Å². The molecule has 1 amide bonds. The molecule has 0 aliphatic rings. The summed E-state index contributed by atoms with van der Waals surface area (Å²) in [5.41, 5.74) is 7.73. The fraction of sp³-hybridized carbons (Fsp3) is 0.471. The lowest BCUT2D eigenvalue weighted by Crippen LogP contribution is -2.36. The zero-order chi connectivity index (χ0) is 16.3. The fourth-order valence-electron chi connectivity index (χ4n) is 2.54. The van der Waals surface area contributed by atoms with Gasteiger partial charge < -0.3 is 20.4 Å². The van der Waals surface area contributed by atoms with Gasteiger partial charge in [0.2, 0.25) is 0 Å². The van der Waals surface area contributed by atoms with E-state index in [2.05, 4.69) is 28.2 Å². The van der Waals surface area contributed by atoms with Crippen molar-refractivity contribution in [3.05, 3.63) is 36.0 Å². The van der Waals surface area contributed by atoms with Gasteiger partial charge in [0.05, 0.1) is 0 Å². The number of ether oxygens (including phenoxy) is 1. The van der Waals surface area contributed by atoms with Crippen LogP contribution in [0.4, 0.5) is 4.79 Å². The molecular formula is C17H25N3O2. The number of alkyl carbamates (subject to hydrolysis) is 1. The van der Waals surface area contributed by atoms with Crippen LogP contribution in [0, 0.1) is 0 Å². The van der Waals surface area contributed by atoms with Gasteiger partial charge in [-0.2, -0.15) is 0 Å². The predicted octanol–water partition coefficient (Wildman–Crippen LogP) is 2.75. The molecule has 5 heteroatoms. The van der Waals surface area contributed by atoms with Crippen LogP contribution in [0.2, 0.25) is 0 Å². The maximum Gasteiger partial charge on any atom is 0.407 e. The Morgan fingerprint density at radius 1 is 1.36 bits per heavy atom. The van der Waals surface area contributed by atoms with Gasteiger partial charge in [0, 0.05) is 43.2 Å². The molecule has 5 nitrogen and oxygen atoms in total. The molecule has 1 atom stereocenters. The van der Waals surface area contributed by atoms with Crippen LogP contribution in [0.1, 0.15) is 32.3 Å². The van der Waals surface area contributed by atoms with E-state index >= 15 is 0 Å². The zero-order valence-electron chi connectivity index (χ0n) is 13.7. The molecule has 0 aliphatic heterocycles. The lowest BCUT2D eigenvalue weighted by Gasteiger charge is -2.21. The highest BCUT2D eigenvalue weighted by Gasteiger charge is 2.19. The minimum Gasteiger partial charge on any atom is -0.444 e. The Kier molecular flexibility index (Phi) is 4.76. The minimum absolute atomic E-state index is 0.0543.